The molecular formula is C25H18FN5O3. The first kappa shape index (κ1) is 21.2. The number of carbonyl (C=O) groups is 1. The van der Waals surface area contributed by atoms with Gasteiger partial charge in [0.2, 0.25) is 11.7 Å². The lowest BCUT2D eigenvalue weighted by Gasteiger charge is -2.12. The number of anilines is 1. The molecule has 0 unspecified atom stereocenters. The molecule has 0 saturated carbocycles. The smallest absolute Gasteiger partial charge is 0.259 e. The molecule has 2 aromatic carbocycles. The van der Waals surface area contributed by atoms with Gasteiger partial charge in [-0.05, 0) is 42.8 Å². The first-order chi connectivity index (χ1) is 16.5. The summed E-state index contributed by atoms with van der Waals surface area (Å²) < 4.78 is 20.6. The fourth-order valence-electron chi connectivity index (χ4n) is 3.63. The molecule has 0 atom stereocenters. The summed E-state index contributed by atoms with van der Waals surface area (Å²) in [7, 11) is 0. The molecular weight excluding hydrogens is 437 g/mol. The molecule has 8 nitrogen and oxygen atoms in total. The van der Waals surface area contributed by atoms with Gasteiger partial charge in [0, 0.05) is 35.1 Å². The van der Waals surface area contributed by atoms with E-state index in [2.05, 4.69) is 20.4 Å². The Labute approximate surface area is 192 Å². The SMILES string of the molecule is Cc1ccc(NC(=O)Cn2c(=O)cc(-c3nc(-c4cccnc4)no3)c3ccccc32)cc1F. The molecule has 0 aliphatic heterocycles. The zero-order chi connectivity index (χ0) is 23.7. The van der Waals surface area contributed by atoms with Crippen molar-refractivity contribution in [3.8, 4) is 22.8 Å². The summed E-state index contributed by atoms with van der Waals surface area (Å²) >= 11 is 0. The molecule has 0 aliphatic rings. The number of hydrogen-bond acceptors (Lipinski definition) is 6. The number of rotatable bonds is 5. The van der Waals surface area contributed by atoms with E-state index in [0.29, 0.717) is 39.1 Å². The number of carbonyl (C=O) groups excluding carboxylic acids is 1. The Bertz CT molecular complexity index is 1580. The van der Waals surface area contributed by atoms with Gasteiger partial charge in [-0.25, -0.2) is 4.39 Å². The second kappa shape index (κ2) is 8.70. The second-order valence-corrected chi connectivity index (χ2v) is 7.68. The van der Waals surface area contributed by atoms with Crippen LogP contribution in [0.25, 0.3) is 33.7 Å². The molecule has 1 amide bonds. The van der Waals surface area contributed by atoms with Gasteiger partial charge in [0.15, 0.2) is 0 Å². The lowest BCUT2D eigenvalue weighted by Crippen LogP contribution is -2.27. The van der Waals surface area contributed by atoms with Crippen LogP contribution >= 0.6 is 0 Å². The molecule has 0 fully saturated rings. The molecule has 5 rings (SSSR count). The predicted octanol–water partition coefficient (Wildman–Crippen LogP) is 4.20. The molecule has 3 aromatic heterocycles. The van der Waals surface area contributed by atoms with Crippen molar-refractivity contribution in [3.05, 3.63) is 94.8 Å². The quantitative estimate of drug-likeness (QED) is 0.426. The van der Waals surface area contributed by atoms with E-state index < -0.39 is 17.3 Å². The molecule has 0 saturated heterocycles. The van der Waals surface area contributed by atoms with Gasteiger partial charge >= 0.3 is 0 Å². The van der Waals surface area contributed by atoms with Gasteiger partial charge < -0.3 is 9.84 Å². The fraction of sp³-hybridized carbons (Fsp3) is 0.0800. The Morgan fingerprint density at radius 1 is 1.12 bits per heavy atom. The van der Waals surface area contributed by atoms with E-state index >= 15 is 0 Å². The Kier molecular flexibility index (Phi) is 5.43. The zero-order valence-electron chi connectivity index (χ0n) is 18.0. The van der Waals surface area contributed by atoms with Crippen molar-refractivity contribution in [2.45, 2.75) is 13.5 Å². The monoisotopic (exact) mass is 455 g/mol. The zero-order valence-corrected chi connectivity index (χ0v) is 18.0. The number of para-hydroxylation sites is 1. The largest absolute Gasteiger partial charge is 0.334 e. The van der Waals surface area contributed by atoms with Crippen LogP contribution < -0.4 is 10.9 Å². The van der Waals surface area contributed by atoms with Crippen LogP contribution in [0.4, 0.5) is 10.1 Å². The number of aromatic nitrogens is 4. The van der Waals surface area contributed by atoms with Gasteiger partial charge in [0.25, 0.3) is 11.4 Å². The Hall–Kier alpha value is -4.66. The van der Waals surface area contributed by atoms with Crippen LogP contribution in [-0.4, -0.2) is 25.6 Å². The maximum Gasteiger partial charge on any atom is 0.259 e. The molecule has 5 aromatic rings. The van der Waals surface area contributed by atoms with Crippen LogP contribution in [-0.2, 0) is 11.3 Å². The third-order valence-corrected chi connectivity index (χ3v) is 5.35. The molecule has 0 radical (unpaired) electrons. The highest BCUT2D eigenvalue weighted by molar-refractivity contribution is 5.95. The first-order valence-corrected chi connectivity index (χ1v) is 10.4. The summed E-state index contributed by atoms with van der Waals surface area (Å²) in [6.45, 7) is 1.39. The van der Waals surface area contributed by atoms with Gasteiger partial charge in [0.1, 0.15) is 12.4 Å². The predicted molar refractivity (Wildman–Crippen MR) is 124 cm³/mol. The highest BCUT2D eigenvalue weighted by atomic mass is 19.1. The maximum atomic E-state index is 13.8. The van der Waals surface area contributed by atoms with E-state index in [9.17, 15) is 14.0 Å². The van der Waals surface area contributed by atoms with Crippen molar-refractivity contribution >= 4 is 22.5 Å². The minimum atomic E-state index is -0.458. The number of nitrogens with zero attached hydrogens (tertiary/aromatic N) is 4. The van der Waals surface area contributed by atoms with Crippen molar-refractivity contribution in [2.75, 3.05) is 5.32 Å². The van der Waals surface area contributed by atoms with Gasteiger partial charge in [-0.2, -0.15) is 4.98 Å². The van der Waals surface area contributed by atoms with Gasteiger partial charge in [-0.1, -0.05) is 29.4 Å². The first-order valence-electron chi connectivity index (χ1n) is 10.4. The maximum absolute atomic E-state index is 13.8. The Morgan fingerprint density at radius 2 is 1.97 bits per heavy atom. The number of aryl methyl sites for hydroxylation is 1. The van der Waals surface area contributed by atoms with E-state index in [-0.39, 0.29) is 12.4 Å². The van der Waals surface area contributed by atoms with E-state index in [0.717, 1.165) is 0 Å². The third-order valence-electron chi connectivity index (χ3n) is 5.35. The lowest BCUT2D eigenvalue weighted by molar-refractivity contribution is -0.116. The fourth-order valence-corrected chi connectivity index (χ4v) is 3.63. The Balaban J connectivity index is 1.50. The molecule has 34 heavy (non-hydrogen) atoms. The number of nitrogens with one attached hydrogen (secondary N) is 1. The van der Waals surface area contributed by atoms with Crippen molar-refractivity contribution in [1.29, 1.82) is 0 Å². The number of hydrogen-bond donors (Lipinski definition) is 1. The van der Waals surface area contributed by atoms with Gasteiger partial charge in [-0.15, -0.1) is 0 Å². The molecule has 168 valence electrons. The highest BCUT2D eigenvalue weighted by Crippen LogP contribution is 2.28. The summed E-state index contributed by atoms with van der Waals surface area (Å²) in [4.78, 5) is 34.1. The molecule has 9 heteroatoms. The minimum absolute atomic E-state index is 0.180. The third kappa shape index (κ3) is 4.06. The van der Waals surface area contributed by atoms with Crippen molar-refractivity contribution in [3.63, 3.8) is 0 Å². The molecule has 3 heterocycles. The summed E-state index contributed by atoms with van der Waals surface area (Å²) in [5, 5.41) is 7.30. The van der Waals surface area contributed by atoms with Gasteiger partial charge in [0.05, 0.1) is 11.1 Å². The number of halogens is 1. The van der Waals surface area contributed by atoms with Crippen LogP contribution in [0.5, 0.6) is 0 Å². The minimum Gasteiger partial charge on any atom is -0.334 e. The van der Waals surface area contributed by atoms with Gasteiger partial charge in [-0.3, -0.25) is 19.1 Å². The van der Waals surface area contributed by atoms with Crippen LogP contribution in [0.3, 0.4) is 0 Å². The van der Waals surface area contributed by atoms with Crippen LogP contribution in [0, 0.1) is 12.7 Å². The molecule has 0 aliphatic carbocycles. The molecule has 0 spiro atoms. The average molecular weight is 455 g/mol. The number of fused-ring (bicyclic) bond motifs is 1. The van der Waals surface area contributed by atoms with Crippen LogP contribution in [0.15, 0.2) is 82.4 Å². The summed E-state index contributed by atoms with van der Waals surface area (Å²) in [6.07, 6.45) is 3.26. The van der Waals surface area contributed by atoms with E-state index in [1.807, 2.05) is 12.1 Å². The number of amides is 1. The van der Waals surface area contributed by atoms with Crippen molar-refractivity contribution in [2.24, 2.45) is 0 Å². The van der Waals surface area contributed by atoms with Crippen LogP contribution in [0.1, 0.15) is 5.56 Å². The van der Waals surface area contributed by atoms with Crippen molar-refractivity contribution in [1.82, 2.24) is 19.7 Å². The Morgan fingerprint density at radius 3 is 2.76 bits per heavy atom. The average Bonchev–Trinajstić information content (AvgIpc) is 3.34. The normalized spacial score (nSPS) is 11.0. The molecule has 1 N–H and O–H groups in total. The second-order valence-electron chi connectivity index (χ2n) is 7.68. The number of benzene rings is 2. The van der Waals surface area contributed by atoms with E-state index in [4.69, 9.17) is 4.52 Å². The number of pyridine rings is 2. The van der Waals surface area contributed by atoms with E-state index in [1.165, 1.54) is 16.7 Å². The van der Waals surface area contributed by atoms with Crippen molar-refractivity contribution < 1.29 is 13.7 Å². The topological polar surface area (TPSA) is 103 Å². The highest BCUT2D eigenvalue weighted by Gasteiger charge is 2.18. The lowest BCUT2D eigenvalue weighted by atomic mass is 10.1. The standard InChI is InChI=1S/C25H18FN5O3/c1-15-8-9-17(11-20(15)26)28-22(32)14-31-21-7-3-2-6-18(21)19(12-23(31)33)25-29-24(30-34-25)16-5-4-10-27-13-16/h2-13H,14H2,1H3,(H,28,32). The van der Waals surface area contributed by atoms with E-state index in [1.54, 1.807) is 55.7 Å². The summed E-state index contributed by atoms with van der Waals surface area (Å²) in [5.74, 6) is -0.352. The summed E-state index contributed by atoms with van der Waals surface area (Å²) in [6, 6.07) is 16.5. The molecule has 0 bridgehead atoms. The van der Waals surface area contributed by atoms with Crippen LogP contribution in [0.2, 0.25) is 0 Å². The summed E-state index contributed by atoms with van der Waals surface area (Å²) in [5.41, 5.74) is 2.04.